The Morgan fingerprint density at radius 1 is 1.11 bits per heavy atom. The van der Waals surface area contributed by atoms with Gasteiger partial charge in [-0.25, -0.2) is 0 Å². The lowest BCUT2D eigenvalue weighted by molar-refractivity contribution is -0.121. The van der Waals surface area contributed by atoms with Crippen LogP contribution >= 0.6 is 0 Å². The molecule has 0 atom stereocenters. The lowest BCUT2D eigenvalue weighted by Gasteiger charge is -2.06. The third-order valence-corrected chi connectivity index (χ3v) is 4.19. The quantitative estimate of drug-likeness (QED) is 0.507. The molecule has 8 nitrogen and oxygen atoms in total. The Kier molecular flexibility index (Phi) is 5.28. The van der Waals surface area contributed by atoms with E-state index in [-0.39, 0.29) is 12.3 Å². The number of benzene rings is 1. The molecule has 1 N–H and O–H groups in total. The van der Waals surface area contributed by atoms with E-state index in [1.54, 1.807) is 24.6 Å². The molecule has 0 aliphatic rings. The van der Waals surface area contributed by atoms with Crippen LogP contribution in [-0.2, 0) is 24.3 Å². The zero-order valence-electron chi connectivity index (χ0n) is 15.1. The molecule has 4 rings (SSSR count). The second-order valence-electron chi connectivity index (χ2n) is 6.29. The van der Waals surface area contributed by atoms with E-state index < -0.39 is 0 Å². The summed E-state index contributed by atoms with van der Waals surface area (Å²) in [6, 6.07) is 13.5. The van der Waals surface area contributed by atoms with Crippen LogP contribution in [0.15, 0.2) is 70.1 Å². The van der Waals surface area contributed by atoms with Crippen LogP contribution in [0.25, 0.3) is 11.6 Å². The maximum Gasteiger partial charge on any atom is 0.238 e. The van der Waals surface area contributed by atoms with Gasteiger partial charge in [-0.15, -0.1) is 0 Å². The van der Waals surface area contributed by atoms with Crippen molar-refractivity contribution < 1.29 is 13.7 Å². The highest BCUT2D eigenvalue weighted by Crippen LogP contribution is 2.16. The molecule has 1 aromatic carbocycles. The van der Waals surface area contributed by atoms with Crippen LogP contribution in [0.5, 0.6) is 0 Å². The Balaban J connectivity index is 1.22. The predicted octanol–water partition coefficient (Wildman–Crippen LogP) is 2.82. The van der Waals surface area contributed by atoms with E-state index >= 15 is 0 Å². The normalized spacial score (nSPS) is 10.9. The fourth-order valence-electron chi connectivity index (χ4n) is 2.72. The van der Waals surface area contributed by atoms with E-state index in [0.717, 1.165) is 17.7 Å². The second kappa shape index (κ2) is 8.34. The predicted molar refractivity (Wildman–Crippen MR) is 99.9 cm³/mol. The van der Waals surface area contributed by atoms with Crippen molar-refractivity contribution >= 4 is 5.91 Å². The van der Waals surface area contributed by atoms with Crippen molar-refractivity contribution in [3.8, 4) is 11.6 Å². The van der Waals surface area contributed by atoms with Crippen molar-refractivity contribution in [1.29, 1.82) is 0 Å². The molecule has 3 aromatic heterocycles. The first-order valence-electron chi connectivity index (χ1n) is 8.95. The number of rotatable bonds is 8. The van der Waals surface area contributed by atoms with Gasteiger partial charge in [-0.2, -0.15) is 10.1 Å². The molecule has 0 fully saturated rings. The summed E-state index contributed by atoms with van der Waals surface area (Å²) < 4.78 is 12.2. The molecule has 0 bridgehead atoms. The number of hydrogen-bond acceptors (Lipinski definition) is 6. The zero-order chi connectivity index (χ0) is 19.2. The molecule has 0 saturated heterocycles. The van der Waals surface area contributed by atoms with Gasteiger partial charge in [0.1, 0.15) is 0 Å². The minimum absolute atomic E-state index is 0.0710. The topological polar surface area (TPSA) is 99.0 Å². The van der Waals surface area contributed by atoms with Gasteiger partial charge in [-0.1, -0.05) is 29.4 Å². The summed E-state index contributed by atoms with van der Waals surface area (Å²) in [6.45, 7) is 1.20. The smallest absolute Gasteiger partial charge is 0.238 e. The Labute approximate surface area is 161 Å². The van der Waals surface area contributed by atoms with Gasteiger partial charge < -0.3 is 14.3 Å². The monoisotopic (exact) mass is 377 g/mol. The molecule has 142 valence electrons. The van der Waals surface area contributed by atoms with Gasteiger partial charge in [0, 0.05) is 31.8 Å². The highest BCUT2D eigenvalue weighted by Gasteiger charge is 2.12. The zero-order valence-corrected chi connectivity index (χ0v) is 15.1. The van der Waals surface area contributed by atoms with Crippen molar-refractivity contribution in [3.05, 3.63) is 78.1 Å². The second-order valence-corrected chi connectivity index (χ2v) is 6.29. The number of nitrogens with zero attached hydrogens (tertiary/aromatic N) is 4. The fourth-order valence-corrected chi connectivity index (χ4v) is 2.72. The van der Waals surface area contributed by atoms with Gasteiger partial charge >= 0.3 is 0 Å². The first-order valence-corrected chi connectivity index (χ1v) is 8.95. The SMILES string of the molecule is O=C(CCc1nc(-c2ccco2)no1)NCc1ccc(Cn2cccn2)cc1. The van der Waals surface area contributed by atoms with Crippen molar-refractivity contribution in [2.45, 2.75) is 25.9 Å². The van der Waals surface area contributed by atoms with Crippen molar-refractivity contribution in [2.24, 2.45) is 0 Å². The van der Waals surface area contributed by atoms with Gasteiger partial charge in [-0.05, 0) is 29.3 Å². The molecular formula is C20H19N5O3. The lowest BCUT2D eigenvalue weighted by Crippen LogP contribution is -2.23. The first kappa shape index (κ1) is 17.7. The summed E-state index contributed by atoms with van der Waals surface area (Å²) in [7, 11) is 0. The fraction of sp³-hybridized carbons (Fsp3) is 0.200. The van der Waals surface area contributed by atoms with Gasteiger partial charge in [0.2, 0.25) is 17.6 Å². The van der Waals surface area contributed by atoms with Gasteiger partial charge in [-0.3, -0.25) is 9.48 Å². The van der Waals surface area contributed by atoms with E-state index in [1.165, 1.54) is 0 Å². The standard InChI is InChI=1S/C20H19N5O3/c26-18(8-9-19-23-20(24-28-19)17-3-1-12-27-17)21-13-15-4-6-16(7-5-15)14-25-11-2-10-22-25/h1-7,10-12H,8-9,13-14H2,(H,21,26). The molecule has 1 amide bonds. The molecule has 28 heavy (non-hydrogen) atoms. The van der Waals surface area contributed by atoms with E-state index in [4.69, 9.17) is 8.94 Å². The number of furan rings is 1. The molecular weight excluding hydrogens is 358 g/mol. The van der Waals surface area contributed by atoms with Crippen molar-refractivity contribution in [1.82, 2.24) is 25.2 Å². The minimum atomic E-state index is -0.0710. The Hall–Kier alpha value is -3.68. The highest BCUT2D eigenvalue weighted by molar-refractivity contribution is 5.76. The Morgan fingerprint density at radius 3 is 2.71 bits per heavy atom. The van der Waals surface area contributed by atoms with Crippen LogP contribution < -0.4 is 5.32 Å². The number of aryl methyl sites for hydroxylation is 1. The third kappa shape index (κ3) is 4.53. The van der Waals surface area contributed by atoms with E-state index in [0.29, 0.717) is 30.4 Å². The molecule has 0 aliphatic carbocycles. The molecule has 4 aromatic rings. The lowest BCUT2D eigenvalue weighted by atomic mass is 10.1. The van der Waals surface area contributed by atoms with Gasteiger partial charge in [0.25, 0.3) is 0 Å². The van der Waals surface area contributed by atoms with Crippen LogP contribution in [0.1, 0.15) is 23.4 Å². The van der Waals surface area contributed by atoms with Crippen molar-refractivity contribution in [3.63, 3.8) is 0 Å². The van der Waals surface area contributed by atoms with Crippen LogP contribution in [0.4, 0.5) is 0 Å². The molecule has 0 aliphatic heterocycles. The summed E-state index contributed by atoms with van der Waals surface area (Å²) in [5, 5.41) is 10.9. The van der Waals surface area contributed by atoms with E-state index in [9.17, 15) is 4.79 Å². The number of aromatic nitrogens is 4. The molecule has 0 unspecified atom stereocenters. The van der Waals surface area contributed by atoms with Crippen LogP contribution in [0.3, 0.4) is 0 Å². The number of hydrogen-bond donors (Lipinski definition) is 1. The van der Waals surface area contributed by atoms with Gasteiger partial charge in [0.05, 0.1) is 12.8 Å². The summed E-state index contributed by atoms with van der Waals surface area (Å²) in [5.41, 5.74) is 2.19. The molecule has 0 spiro atoms. The molecule has 0 radical (unpaired) electrons. The van der Waals surface area contributed by atoms with Gasteiger partial charge in [0.15, 0.2) is 5.76 Å². The summed E-state index contributed by atoms with van der Waals surface area (Å²) in [6.07, 6.45) is 5.88. The third-order valence-electron chi connectivity index (χ3n) is 4.19. The molecule has 8 heteroatoms. The van der Waals surface area contributed by atoms with Crippen LogP contribution in [-0.4, -0.2) is 25.8 Å². The maximum atomic E-state index is 12.1. The minimum Gasteiger partial charge on any atom is -0.461 e. The Bertz CT molecular complexity index is 1000. The number of nitrogens with one attached hydrogen (secondary N) is 1. The van der Waals surface area contributed by atoms with E-state index in [1.807, 2.05) is 41.2 Å². The molecule has 3 heterocycles. The number of amides is 1. The highest BCUT2D eigenvalue weighted by atomic mass is 16.5. The van der Waals surface area contributed by atoms with Crippen LogP contribution in [0, 0.1) is 0 Å². The average molecular weight is 377 g/mol. The summed E-state index contributed by atoms with van der Waals surface area (Å²) >= 11 is 0. The number of carbonyl (C=O) groups is 1. The van der Waals surface area contributed by atoms with Crippen LogP contribution in [0.2, 0.25) is 0 Å². The first-order chi connectivity index (χ1) is 13.8. The largest absolute Gasteiger partial charge is 0.461 e. The van der Waals surface area contributed by atoms with E-state index in [2.05, 4.69) is 20.6 Å². The number of carbonyl (C=O) groups excluding carboxylic acids is 1. The summed E-state index contributed by atoms with van der Waals surface area (Å²) in [4.78, 5) is 16.3. The Morgan fingerprint density at radius 2 is 1.96 bits per heavy atom. The van der Waals surface area contributed by atoms with Crippen molar-refractivity contribution in [2.75, 3.05) is 0 Å². The summed E-state index contributed by atoms with van der Waals surface area (Å²) in [5.74, 6) is 1.26. The maximum absolute atomic E-state index is 12.1. The average Bonchev–Trinajstić information content (AvgIpc) is 3.48. The molecule has 0 saturated carbocycles.